The zero-order valence-electron chi connectivity index (χ0n) is 13.9. The Hall–Kier alpha value is -2.57. The topological polar surface area (TPSA) is 98.0 Å². The van der Waals surface area contributed by atoms with Gasteiger partial charge in [-0.1, -0.05) is 12.5 Å². The number of nitro groups is 1. The van der Waals surface area contributed by atoms with E-state index < -0.39 is 5.54 Å². The van der Waals surface area contributed by atoms with E-state index in [1.165, 1.54) is 0 Å². The lowest BCUT2D eigenvalue weighted by Gasteiger charge is -2.28. The second kappa shape index (κ2) is 6.06. The zero-order valence-corrected chi connectivity index (χ0v) is 13.9. The van der Waals surface area contributed by atoms with Crippen LogP contribution in [0.25, 0.3) is 10.9 Å². The van der Waals surface area contributed by atoms with Crippen molar-refractivity contribution in [2.45, 2.75) is 50.5 Å². The van der Waals surface area contributed by atoms with Gasteiger partial charge in [0, 0.05) is 29.1 Å². The van der Waals surface area contributed by atoms with E-state index in [4.69, 9.17) is 0 Å². The van der Waals surface area contributed by atoms with Gasteiger partial charge in [-0.15, -0.1) is 0 Å². The van der Waals surface area contributed by atoms with Crippen molar-refractivity contribution in [1.82, 2.24) is 9.97 Å². The summed E-state index contributed by atoms with van der Waals surface area (Å²) in [5.41, 5.74) is 0.0562. The third-order valence-corrected chi connectivity index (χ3v) is 5.28. The summed E-state index contributed by atoms with van der Waals surface area (Å²) >= 11 is 0. The van der Waals surface area contributed by atoms with Crippen LogP contribution in [0.2, 0.25) is 0 Å². The SMILES string of the molecule is O=C(Nc1cc2ccc(C3([N+](=O)[O-])CCCCC3)nc2cn1)C1CC1. The minimum atomic E-state index is -1.08. The van der Waals surface area contributed by atoms with Gasteiger partial charge < -0.3 is 5.32 Å². The average molecular weight is 340 g/mol. The van der Waals surface area contributed by atoms with Crippen molar-refractivity contribution in [2.75, 3.05) is 5.32 Å². The normalized spacial score (nSPS) is 19.5. The minimum absolute atomic E-state index is 0.00550. The first-order chi connectivity index (χ1) is 12.1. The third kappa shape index (κ3) is 2.94. The second-order valence-corrected chi connectivity index (χ2v) is 7.07. The Labute approximate surface area is 145 Å². The molecule has 2 heterocycles. The largest absolute Gasteiger partial charge is 0.310 e. The van der Waals surface area contributed by atoms with Crippen LogP contribution < -0.4 is 5.32 Å². The molecule has 7 heteroatoms. The Morgan fingerprint density at radius 3 is 2.68 bits per heavy atom. The van der Waals surface area contributed by atoms with Crippen LogP contribution in [0.1, 0.15) is 50.6 Å². The Morgan fingerprint density at radius 1 is 1.24 bits per heavy atom. The van der Waals surface area contributed by atoms with Crippen LogP contribution in [-0.2, 0) is 10.3 Å². The summed E-state index contributed by atoms with van der Waals surface area (Å²) in [6.07, 6.45) is 7.26. The summed E-state index contributed by atoms with van der Waals surface area (Å²) in [6.45, 7) is 0. The molecular weight excluding hydrogens is 320 g/mol. The molecule has 0 aromatic carbocycles. The predicted octanol–water partition coefficient (Wildman–Crippen LogP) is 3.41. The zero-order chi connectivity index (χ0) is 17.4. The fourth-order valence-electron chi connectivity index (χ4n) is 3.60. The number of hydrogen-bond donors (Lipinski definition) is 1. The number of hydrogen-bond acceptors (Lipinski definition) is 5. The molecular formula is C18H20N4O3. The molecule has 2 aromatic heterocycles. The van der Waals surface area contributed by atoms with Gasteiger partial charge in [-0.2, -0.15) is 0 Å². The molecule has 1 amide bonds. The maximum Gasteiger partial charge on any atom is 0.263 e. The average Bonchev–Trinajstić information content (AvgIpc) is 3.47. The molecule has 2 aromatic rings. The smallest absolute Gasteiger partial charge is 0.263 e. The molecule has 0 spiro atoms. The molecule has 0 radical (unpaired) electrons. The minimum Gasteiger partial charge on any atom is -0.310 e. The highest BCUT2D eigenvalue weighted by atomic mass is 16.6. The van der Waals surface area contributed by atoms with Gasteiger partial charge in [0.1, 0.15) is 11.5 Å². The van der Waals surface area contributed by atoms with Crippen LogP contribution in [0.4, 0.5) is 5.82 Å². The van der Waals surface area contributed by atoms with Crippen molar-refractivity contribution in [3.63, 3.8) is 0 Å². The lowest BCUT2D eigenvalue weighted by molar-refractivity contribution is -0.585. The van der Waals surface area contributed by atoms with E-state index in [-0.39, 0.29) is 16.7 Å². The maximum atomic E-state index is 11.8. The molecule has 0 atom stereocenters. The molecule has 0 bridgehead atoms. The quantitative estimate of drug-likeness (QED) is 0.679. The van der Waals surface area contributed by atoms with Crippen LogP contribution in [0.3, 0.4) is 0 Å². The first-order valence-electron chi connectivity index (χ1n) is 8.81. The monoisotopic (exact) mass is 340 g/mol. The highest BCUT2D eigenvalue weighted by molar-refractivity contribution is 5.94. The van der Waals surface area contributed by atoms with Crippen molar-refractivity contribution in [3.8, 4) is 0 Å². The Bertz CT molecular complexity index is 841. The molecule has 130 valence electrons. The molecule has 2 saturated carbocycles. The van der Waals surface area contributed by atoms with Gasteiger partial charge in [-0.05, 0) is 37.8 Å². The maximum absolute atomic E-state index is 11.8. The molecule has 0 aliphatic heterocycles. The number of aromatic nitrogens is 2. The Morgan fingerprint density at radius 2 is 2.00 bits per heavy atom. The summed E-state index contributed by atoms with van der Waals surface area (Å²) in [4.78, 5) is 32.2. The molecule has 2 aliphatic carbocycles. The predicted molar refractivity (Wildman–Crippen MR) is 92.6 cm³/mol. The van der Waals surface area contributed by atoms with Gasteiger partial charge >= 0.3 is 0 Å². The van der Waals surface area contributed by atoms with Crippen LogP contribution in [-0.4, -0.2) is 20.8 Å². The first kappa shape index (κ1) is 15.9. The molecule has 4 rings (SSSR count). The number of nitrogens with zero attached hydrogens (tertiary/aromatic N) is 3. The summed E-state index contributed by atoms with van der Waals surface area (Å²) < 4.78 is 0. The standard InChI is InChI=1S/C18H20N4O3/c23-17(12-4-5-12)21-16-10-13-6-7-15(20-14(13)11-19-16)18(22(24)25)8-2-1-3-9-18/h6-7,10-12H,1-5,8-9H2,(H,19,21,23). The van der Waals surface area contributed by atoms with Gasteiger partial charge in [0.15, 0.2) is 0 Å². The Balaban J connectivity index is 1.65. The van der Waals surface area contributed by atoms with E-state index in [1.54, 1.807) is 18.3 Å². The molecule has 1 N–H and O–H groups in total. The molecule has 2 aliphatic rings. The van der Waals surface area contributed by atoms with Crippen LogP contribution >= 0.6 is 0 Å². The van der Waals surface area contributed by atoms with E-state index in [1.807, 2.05) is 6.07 Å². The summed E-state index contributed by atoms with van der Waals surface area (Å²) in [5.74, 6) is 0.621. The van der Waals surface area contributed by atoms with Gasteiger partial charge in [-0.3, -0.25) is 14.9 Å². The summed E-state index contributed by atoms with van der Waals surface area (Å²) in [6, 6.07) is 5.36. The fraction of sp³-hybridized carbons (Fsp3) is 0.500. The Kier molecular flexibility index (Phi) is 3.86. The van der Waals surface area contributed by atoms with Crippen molar-refractivity contribution in [2.24, 2.45) is 5.92 Å². The van der Waals surface area contributed by atoms with E-state index >= 15 is 0 Å². The summed E-state index contributed by atoms with van der Waals surface area (Å²) in [7, 11) is 0. The number of rotatable bonds is 4. The first-order valence-corrected chi connectivity index (χ1v) is 8.81. The number of nitrogens with one attached hydrogen (secondary N) is 1. The van der Waals surface area contributed by atoms with E-state index in [0.717, 1.165) is 37.5 Å². The van der Waals surface area contributed by atoms with Crippen LogP contribution in [0.5, 0.6) is 0 Å². The lowest BCUT2D eigenvalue weighted by atomic mass is 9.79. The van der Waals surface area contributed by atoms with Gasteiger partial charge in [-0.25, -0.2) is 9.97 Å². The highest BCUT2D eigenvalue weighted by Gasteiger charge is 2.47. The van der Waals surface area contributed by atoms with Crippen molar-refractivity contribution in [3.05, 3.63) is 40.2 Å². The number of carbonyl (C=O) groups is 1. The van der Waals surface area contributed by atoms with Crippen molar-refractivity contribution < 1.29 is 9.72 Å². The fourth-order valence-corrected chi connectivity index (χ4v) is 3.60. The van der Waals surface area contributed by atoms with Crippen LogP contribution in [0, 0.1) is 16.0 Å². The highest BCUT2D eigenvalue weighted by Crippen LogP contribution is 2.39. The molecule has 25 heavy (non-hydrogen) atoms. The van der Waals surface area contributed by atoms with Gasteiger partial charge in [0.05, 0.1) is 11.7 Å². The molecule has 7 nitrogen and oxygen atoms in total. The lowest BCUT2D eigenvalue weighted by Crippen LogP contribution is -2.38. The third-order valence-electron chi connectivity index (χ3n) is 5.28. The number of fused-ring (bicyclic) bond motifs is 1. The number of pyridine rings is 2. The van der Waals surface area contributed by atoms with E-state index in [2.05, 4.69) is 15.3 Å². The summed E-state index contributed by atoms with van der Waals surface area (Å²) in [5, 5.41) is 15.4. The van der Waals surface area contributed by atoms with E-state index in [9.17, 15) is 14.9 Å². The molecule has 0 unspecified atom stereocenters. The number of anilines is 1. The van der Waals surface area contributed by atoms with Gasteiger partial charge in [0.25, 0.3) is 5.54 Å². The molecule has 2 fully saturated rings. The van der Waals surface area contributed by atoms with Crippen molar-refractivity contribution in [1.29, 1.82) is 0 Å². The second-order valence-electron chi connectivity index (χ2n) is 7.07. The number of carbonyl (C=O) groups excluding carboxylic acids is 1. The van der Waals surface area contributed by atoms with E-state index in [0.29, 0.717) is 29.9 Å². The molecule has 0 saturated heterocycles. The number of amides is 1. The van der Waals surface area contributed by atoms with Gasteiger partial charge in [0.2, 0.25) is 5.91 Å². The van der Waals surface area contributed by atoms with Crippen molar-refractivity contribution >= 4 is 22.6 Å². The van der Waals surface area contributed by atoms with Crippen LogP contribution in [0.15, 0.2) is 24.4 Å².